The number of carbonyl (C=O) groups excluding carboxylic acids is 2. The molecule has 2 aromatic heterocycles. The van der Waals surface area contributed by atoms with Crippen molar-refractivity contribution in [3.8, 4) is 11.3 Å². The van der Waals surface area contributed by atoms with Crippen LogP contribution in [-0.2, 0) is 4.79 Å². The quantitative estimate of drug-likeness (QED) is 0.613. The van der Waals surface area contributed by atoms with E-state index in [1.54, 1.807) is 4.90 Å². The van der Waals surface area contributed by atoms with E-state index in [2.05, 4.69) is 25.5 Å². The molecule has 9 nitrogen and oxygen atoms in total. The van der Waals surface area contributed by atoms with E-state index in [4.69, 9.17) is 4.42 Å². The Morgan fingerprint density at radius 1 is 1.31 bits per heavy atom. The molecule has 4 rings (SSSR count). The summed E-state index contributed by atoms with van der Waals surface area (Å²) in [6, 6.07) is 7.17. The molecule has 2 N–H and O–H groups in total. The molecular weight excluding hydrogens is 408 g/mol. The third kappa shape index (κ3) is 4.56. The summed E-state index contributed by atoms with van der Waals surface area (Å²) in [7, 11) is 0. The standard InChI is InChI=1S/C23H28N6O3/c1-13(2)8-19(30)26-17-10-18(22-25-15(4)27-28-22)29(11-17)23(31)20-21(32-12-24-20)16-7-5-6-14(3)9-16/h5-7,9,12-13,17-18H,8,10-11H2,1-4H3,(H,26,30)(H,25,27,28)/t17-,18-/m0/s1. The van der Waals surface area contributed by atoms with Crippen LogP contribution in [0.3, 0.4) is 0 Å². The molecule has 1 aromatic carbocycles. The molecule has 0 spiro atoms. The predicted octanol–water partition coefficient (Wildman–Crippen LogP) is 3.19. The molecule has 0 bridgehead atoms. The number of amides is 2. The molecule has 9 heteroatoms. The monoisotopic (exact) mass is 436 g/mol. The van der Waals surface area contributed by atoms with Crippen molar-refractivity contribution in [3.05, 3.63) is 53.6 Å². The van der Waals surface area contributed by atoms with Gasteiger partial charge in [0.1, 0.15) is 5.82 Å². The summed E-state index contributed by atoms with van der Waals surface area (Å²) in [5, 5.41) is 10.2. The SMILES string of the molecule is Cc1cccc(-c2ocnc2C(=O)N2C[C@@H](NC(=O)CC(C)C)C[C@H]2c2n[nH]c(C)n2)c1. The van der Waals surface area contributed by atoms with Crippen molar-refractivity contribution in [2.75, 3.05) is 6.54 Å². The van der Waals surface area contributed by atoms with Crippen LogP contribution >= 0.6 is 0 Å². The highest BCUT2D eigenvalue weighted by Crippen LogP contribution is 2.34. The minimum atomic E-state index is -0.376. The van der Waals surface area contributed by atoms with Crippen molar-refractivity contribution in [3.63, 3.8) is 0 Å². The van der Waals surface area contributed by atoms with Gasteiger partial charge in [-0.3, -0.25) is 14.7 Å². The number of nitrogens with zero attached hydrogens (tertiary/aromatic N) is 4. The normalized spacial score (nSPS) is 18.3. The first kappa shape index (κ1) is 21.7. The van der Waals surface area contributed by atoms with Crippen molar-refractivity contribution < 1.29 is 14.0 Å². The zero-order valence-electron chi connectivity index (χ0n) is 18.8. The molecule has 1 fully saturated rings. The van der Waals surface area contributed by atoms with E-state index in [9.17, 15) is 9.59 Å². The maximum absolute atomic E-state index is 13.6. The second-order valence-corrected chi connectivity index (χ2v) is 8.75. The maximum Gasteiger partial charge on any atom is 0.277 e. The van der Waals surface area contributed by atoms with E-state index < -0.39 is 0 Å². The van der Waals surface area contributed by atoms with Crippen molar-refractivity contribution in [2.24, 2.45) is 5.92 Å². The largest absolute Gasteiger partial charge is 0.443 e. The number of aryl methyl sites for hydroxylation is 2. The lowest BCUT2D eigenvalue weighted by Crippen LogP contribution is -2.39. The van der Waals surface area contributed by atoms with Gasteiger partial charge in [0.15, 0.2) is 23.7 Å². The second-order valence-electron chi connectivity index (χ2n) is 8.75. The van der Waals surface area contributed by atoms with E-state index in [1.807, 2.05) is 52.0 Å². The van der Waals surface area contributed by atoms with Crippen LogP contribution in [0.1, 0.15) is 60.4 Å². The number of rotatable bonds is 6. The Morgan fingerprint density at radius 2 is 2.12 bits per heavy atom. The number of carbonyl (C=O) groups is 2. The number of hydrogen-bond acceptors (Lipinski definition) is 6. The van der Waals surface area contributed by atoms with Crippen molar-refractivity contribution >= 4 is 11.8 Å². The molecular formula is C23H28N6O3. The molecule has 0 radical (unpaired) electrons. The average molecular weight is 437 g/mol. The highest BCUT2D eigenvalue weighted by Gasteiger charge is 2.41. The van der Waals surface area contributed by atoms with Crippen LogP contribution in [0, 0.1) is 19.8 Å². The third-order valence-corrected chi connectivity index (χ3v) is 5.48. The van der Waals surface area contributed by atoms with Crippen molar-refractivity contribution in [1.82, 2.24) is 30.4 Å². The summed E-state index contributed by atoms with van der Waals surface area (Å²) in [6.07, 6.45) is 2.26. The first-order chi connectivity index (χ1) is 15.3. The number of oxazole rings is 1. The van der Waals surface area contributed by atoms with Crippen molar-refractivity contribution in [1.29, 1.82) is 0 Å². The van der Waals surface area contributed by atoms with Crippen LogP contribution in [0.5, 0.6) is 0 Å². The van der Waals surface area contributed by atoms with E-state index >= 15 is 0 Å². The van der Waals surface area contributed by atoms with E-state index in [0.29, 0.717) is 36.8 Å². The first-order valence-electron chi connectivity index (χ1n) is 10.8. The second kappa shape index (κ2) is 8.94. The minimum absolute atomic E-state index is 0.0221. The van der Waals surface area contributed by atoms with Gasteiger partial charge in [-0.1, -0.05) is 37.6 Å². The lowest BCUT2D eigenvalue weighted by molar-refractivity contribution is -0.122. The number of nitrogens with one attached hydrogen (secondary N) is 2. The Kier molecular flexibility index (Phi) is 6.07. The van der Waals surface area contributed by atoms with Gasteiger partial charge in [-0.05, 0) is 32.3 Å². The van der Waals surface area contributed by atoms with E-state index in [0.717, 1.165) is 11.1 Å². The zero-order valence-corrected chi connectivity index (χ0v) is 18.8. The van der Waals surface area contributed by atoms with Gasteiger partial charge < -0.3 is 14.6 Å². The molecule has 0 aliphatic carbocycles. The molecule has 3 aromatic rings. The van der Waals surface area contributed by atoms with Crippen LogP contribution in [-0.4, -0.2) is 49.5 Å². The highest BCUT2D eigenvalue weighted by atomic mass is 16.3. The Hall–Kier alpha value is -3.49. The topological polar surface area (TPSA) is 117 Å². The molecule has 0 saturated carbocycles. The summed E-state index contributed by atoms with van der Waals surface area (Å²) in [4.78, 5) is 36.3. The van der Waals surface area contributed by atoms with Gasteiger partial charge in [-0.2, -0.15) is 5.10 Å². The fourth-order valence-electron chi connectivity index (χ4n) is 4.10. The van der Waals surface area contributed by atoms with Gasteiger partial charge in [0.2, 0.25) is 5.91 Å². The summed E-state index contributed by atoms with van der Waals surface area (Å²) in [5.41, 5.74) is 2.08. The van der Waals surface area contributed by atoms with Gasteiger partial charge in [-0.15, -0.1) is 0 Å². The smallest absolute Gasteiger partial charge is 0.277 e. The van der Waals surface area contributed by atoms with E-state index in [-0.39, 0.29) is 35.5 Å². The van der Waals surface area contributed by atoms with Gasteiger partial charge in [-0.25, -0.2) is 9.97 Å². The first-order valence-corrected chi connectivity index (χ1v) is 10.8. The number of hydrogen-bond donors (Lipinski definition) is 2. The van der Waals surface area contributed by atoms with E-state index in [1.165, 1.54) is 6.39 Å². The fourth-order valence-corrected chi connectivity index (χ4v) is 4.10. The molecule has 0 unspecified atom stereocenters. The Bertz CT molecular complexity index is 1120. The molecule has 168 valence electrons. The lowest BCUT2D eigenvalue weighted by atomic mass is 10.1. The number of H-pyrrole nitrogens is 1. The van der Waals surface area contributed by atoms with Gasteiger partial charge in [0, 0.05) is 24.6 Å². The molecule has 2 amide bonds. The number of likely N-dealkylation sites (tertiary alicyclic amines) is 1. The molecule has 1 aliphatic heterocycles. The number of aromatic amines is 1. The average Bonchev–Trinajstić information content (AvgIpc) is 3.46. The summed E-state index contributed by atoms with van der Waals surface area (Å²) < 4.78 is 5.60. The lowest BCUT2D eigenvalue weighted by Gasteiger charge is -2.21. The molecule has 1 saturated heterocycles. The third-order valence-electron chi connectivity index (χ3n) is 5.48. The van der Waals surface area contributed by atoms with Gasteiger partial charge >= 0.3 is 0 Å². The Balaban J connectivity index is 1.62. The molecule has 2 atom stereocenters. The highest BCUT2D eigenvalue weighted by molar-refractivity contribution is 5.98. The summed E-state index contributed by atoms with van der Waals surface area (Å²) >= 11 is 0. The van der Waals surface area contributed by atoms with Crippen molar-refractivity contribution in [2.45, 2.75) is 52.6 Å². The Labute approximate surface area is 186 Å². The molecule has 1 aliphatic rings. The maximum atomic E-state index is 13.6. The van der Waals surface area contributed by atoms with Crippen LogP contribution in [0.25, 0.3) is 11.3 Å². The molecule has 3 heterocycles. The fraction of sp³-hybridized carbons (Fsp3) is 0.435. The summed E-state index contributed by atoms with van der Waals surface area (Å²) in [6.45, 7) is 8.14. The van der Waals surface area contributed by atoms with Gasteiger partial charge in [0.05, 0.1) is 6.04 Å². The van der Waals surface area contributed by atoms with Crippen LogP contribution in [0.4, 0.5) is 0 Å². The number of aromatic nitrogens is 4. The van der Waals surface area contributed by atoms with Crippen LogP contribution in [0.2, 0.25) is 0 Å². The summed E-state index contributed by atoms with van der Waals surface area (Å²) in [5.74, 6) is 1.58. The number of benzene rings is 1. The molecule has 32 heavy (non-hydrogen) atoms. The van der Waals surface area contributed by atoms with Crippen LogP contribution in [0.15, 0.2) is 35.1 Å². The van der Waals surface area contributed by atoms with Gasteiger partial charge in [0.25, 0.3) is 5.91 Å². The minimum Gasteiger partial charge on any atom is -0.443 e. The zero-order chi connectivity index (χ0) is 22.8. The predicted molar refractivity (Wildman–Crippen MR) is 118 cm³/mol. The van der Waals surface area contributed by atoms with Crippen LogP contribution < -0.4 is 5.32 Å². The Morgan fingerprint density at radius 3 is 2.81 bits per heavy atom.